The number of alkyl halides is 3. The van der Waals surface area contributed by atoms with Gasteiger partial charge in [0, 0.05) is 5.92 Å². The van der Waals surface area contributed by atoms with E-state index in [1.54, 1.807) is 0 Å². The predicted octanol–water partition coefficient (Wildman–Crippen LogP) is 2.49. The number of halogens is 3. The van der Waals surface area contributed by atoms with Crippen LogP contribution in [0.2, 0.25) is 0 Å². The number of hydrogen-bond donors (Lipinski definition) is 1. The van der Waals surface area contributed by atoms with Gasteiger partial charge in [0.15, 0.2) is 0 Å². The smallest absolute Gasteiger partial charge is 0.449 e. The van der Waals surface area contributed by atoms with E-state index in [1.807, 2.05) is 0 Å². The van der Waals surface area contributed by atoms with Gasteiger partial charge in [-0.2, -0.15) is 13.2 Å². The highest BCUT2D eigenvalue weighted by molar-refractivity contribution is 5.74. The van der Waals surface area contributed by atoms with E-state index in [-0.39, 0.29) is 5.76 Å². The van der Waals surface area contributed by atoms with Crippen molar-refractivity contribution in [1.29, 1.82) is 0 Å². The Morgan fingerprint density at radius 2 is 2.13 bits per heavy atom. The summed E-state index contributed by atoms with van der Waals surface area (Å²) >= 11 is 0. The van der Waals surface area contributed by atoms with Crippen LogP contribution in [0.25, 0.3) is 0 Å². The number of furan rings is 1. The van der Waals surface area contributed by atoms with Gasteiger partial charge < -0.3 is 9.52 Å². The van der Waals surface area contributed by atoms with E-state index >= 15 is 0 Å². The molecule has 2 unspecified atom stereocenters. The zero-order valence-corrected chi connectivity index (χ0v) is 7.41. The molecule has 6 heteroatoms. The first-order valence-corrected chi connectivity index (χ1v) is 4.29. The van der Waals surface area contributed by atoms with E-state index < -0.39 is 29.7 Å². The normalized spacial score (nSPS) is 25.3. The minimum Gasteiger partial charge on any atom is -0.481 e. The molecule has 3 nitrogen and oxygen atoms in total. The molecule has 15 heavy (non-hydrogen) atoms. The molecule has 0 saturated heterocycles. The van der Waals surface area contributed by atoms with E-state index in [0.29, 0.717) is 6.42 Å². The van der Waals surface area contributed by atoms with Crippen LogP contribution in [-0.4, -0.2) is 11.1 Å². The summed E-state index contributed by atoms with van der Waals surface area (Å²) in [4.78, 5) is 10.5. The van der Waals surface area contributed by atoms with Crippen molar-refractivity contribution >= 4 is 5.97 Å². The van der Waals surface area contributed by atoms with Crippen molar-refractivity contribution in [3.63, 3.8) is 0 Å². The Bertz CT molecular complexity index is 394. The quantitative estimate of drug-likeness (QED) is 0.832. The third-order valence-electron chi connectivity index (χ3n) is 2.38. The summed E-state index contributed by atoms with van der Waals surface area (Å²) < 4.78 is 41.0. The van der Waals surface area contributed by atoms with E-state index in [9.17, 15) is 18.0 Å². The van der Waals surface area contributed by atoms with Crippen LogP contribution < -0.4 is 0 Å². The molecule has 1 aliphatic carbocycles. The summed E-state index contributed by atoms with van der Waals surface area (Å²) in [5.74, 6) is -2.97. The first-order chi connectivity index (χ1) is 6.89. The van der Waals surface area contributed by atoms with Crippen LogP contribution in [0, 0.1) is 5.92 Å². The summed E-state index contributed by atoms with van der Waals surface area (Å²) in [5.41, 5.74) is 0. The Morgan fingerprint density at radius 1 is 1.47 bits per heavy atom. The molecule has 0 radical (unpaired) electrons. The second kappa shape index (κ2) is 3.01. The lowest BCUT2D eigenvalue weighted by Gasteiger charge is -2.00. The third kappa shape index (κ3) is 1.84. The standard InChI is InChI=1S/C9H7F3O3/c10-9(11,12)7-2-1-6(15-7)4-3-5(4)8(13)14/h1-2,4-5H,3H2,(H,13,14). The highest BCUT2D eigenvalue weighted by Crippen LogP contribution is 2.48. The van der Waals surface area contributed by atoms with Crippen molar-refractivity contribution in [1.82, 2.24) is 0 Å². The van der Waals surface area contributed by atoms with Gasteiger partial charge in [0.1, 0.15) is 5.76 Å². The topological polar surface area (TPSA) is 50.4 Å². The molecule has 1 heterocycles. The minimum absolute atomic E-state index is 0.106. The molecule has 1 saturated carbocycles. The molecule has 0 spiro atoms. The molecule has 1 aliphatic rings. The lowest BCUT2D eigenvalue weighted by atomic mass is 10.2. The average Bonchev–Trinajstić information content (AvgIpc) is 2.74. The summed E-state index contributed by atoms with van der Waals surface area (Å²) in [7, 11) is 0. The number of aliphatic carboxylic acids is 1. The number of carboxylic acid groups (broad SMARTS) is 1. The zero-order chi connectivity index (χ0) is 11.2. The Kier molecular flexibility index (Phi) is 2.02. The number of rotatable bonds is 2. The van der Waals surface area contributed by atoms with Gasteiger partial charge in [-0.25, -0.2) is 0 Å². The van der Waals surface area contributed by atoms with Gasteiger partial charge in [-0.1, -0.05) is 0 Å². The zero-order valence-electron chi connectivity index (χ0n) is 7.41. The molecule has 0 aliphatic heterocycles. The minimum atomic E-state index is -4.51. The van der Waals surface area contributed by atoms with Gasteiger partial charge in [-0.05, 0) is 18.6 Å². The van der Waals surface area contributed by atoms with Crippen molar-refractivity contribution in [2.45, 2.75) is 18.5 Å². The maximum absolute atomic E-state index is 12.1. The molecule has 0 amide bonds. The Labute approximate surface area is 82.5 Å². The number of hydrogen-bond acceptors (Lipinski definition) is 2. The second-order valence-electron chi connectivity index (χ2n) is 3.49. The van der Waals surface area contributed by atoms with Crippen molar-refractivity contribution in [3.05, 3.63) is 23.7 Å². The van der Waals surface area contributed by atoms with Crippen molar-refractivity contribution in [2.75, 3.05) is 0 Å². The second-order valence-corrected chi connectivity index (χ2v) is 3.49. The highest BCUT2D eigenvalue weighted by Gasteiger charge is 2.47. The van der Waals surface area contributed by atoms with E-state index in [4.69, 9.17) is 5.11 Å². The van der Waals surface area contributed by atoms with Gasteiger partial charge in [0.25, 0.3) is 0 Å². The van der Waals surface area contributed by atoms with Crippen LogP contribution in [-0.2, 0) is 11.0 Å². The van der Waals surface area contributed by atoms with Gasteiger partial charge in [0.2, 0.25) is 5.76 Å². The lowest BCUT2D eigenvalue weighted by Crippen LogP contribution is -2.02. The molecule has 1 aromatic rings. The SMILES string of the molecule is O=C(O)C1CC1c1ccc(C(F)(F)F)o1. The summed E-state index contributed by atoms with van der Waals surface area (Å²) in [6, 6.07) is 2.02. The molecular weight excluding hydrogens is 213 g/mol. The molecule has 1 aromatic heterocycles. The fourth-order valence-corrected chi connectivity index (χ4v) is 1.49. The summed E-state index contributed by atoms with van der Waals surface area (Å²) in [6.07, 6.45) is -4.16. The van der Waals surface area contributed by atoms with Crippen molar-refractivity contribution in [2.24, 2.45) is 5.92 Å². The fraction of sp³-hybridized carbons (Fsp3) is 0.444. The fourth-order valence-electron chi connectivity index (χ4n) is 1.49. The molecule has 1 fully saturated rings. The molecular formula is C9H7F3O3. The van der Waals surface area contributed by atoms with Crippen LogP contribution >= 0.6 is 0 Å². The van der Waals surface area contributed by atoms with Crippen LogP contribution in [0.4, 0.5) is 13.2 Å². The van der Waals surface area contributed by atoms with Crippen LogP contribution in [0.15, 0.2) is 16.5 Å². The van der Waals surface area contributed by atoms with Gasteiger partial charge in [-0.15, -0.1) is 0 Å². The molecule has 0 bridgehead atoms. The van der Waals surface area contributed by atoms with Crippen LogP contribution in [0.5, 0.6) is 0 Å². The summed E-state index contributed by atoms with van der Waals surface area (Å²) in [6.45, 7) is 0. The maximum Gasteiger partial charge on any atom is 0.449 e. The highest BCUT2D eigenvalue weighted by atomic mass is 19.4. The monoisotopic (exact) mass is 220 g/mol. The molecule has 2 atom stereocenters. The Hall–Kier alpha value is -1.46. The number of carbonyl (C=O) groups is 1. The molecule has 2 rings (SSSR count). The van der Waals surface area contributed by atoms with Gasteiger partial charge in [0.05, 0.1) is 5.92 Å². The lowest BCUT2D eigenvalue weighted by molar-refractivity contribution is -0.153. The predicted molar refractivity (Wildman–Crippen MR) is 42.2 cm³/mol. The largest absolute Gasteiger partial charge is 0.481 e. The molecule has 82 valence electrons. The Balaban J connectivity index is 2.13. The first kappa shape index (κ1) is 10.1. The van der Waals surface area contributed by atoms with Gasteiger partial charge >= 0.3 is 12.1 Å². The Morgan fingerprint density at radius 3 is 2.53 bits per heavy atom. The summed E-state index contributed by atoms with van der Waals surface area (Å²) in [5, 5.41) is 8.59. The van der Waals surface area contributed by atoms with E-state index in [0.717, 1.165) is 6.07 Å². The van der Waals surface area contributed by atoms with Crippen LogP contribution in [0.1, 0.15) is 23.9 Å². The average molecular weight is 220 g/mol. The molecule has 1 N–H and O–H groups in total. The third-order valence-corrected chi connectivity index (χ3v) is 2.38. The maximum atomic E-state index is 12.1. The van der Waals surface area contributed by atoms with E-state index in [2.05, 4.69) is 4.42 Å². The first-order valence-electron chi connectivity index (χ1n) is 4.29. The molecule has 0 aromatic carbocycles. The van der Waals surface area contributed by atoms with Crippen LogP contribution in [0.3, 0.4) is 0 Å². The van der Waals surface area contributed by atoms with E-state index in [1.165, 1.54) is 6.07 Å². The van der Waals surface area contributed by atoms with Crippen molar-refractivity contribution in [3.8, 4) is 0 Å². The van der Waals surface area contributed by atoms with Gasteiger partial charge in [-0.3, -0.25) is 4.79 Å². The number of carboxylic acids is 1. The van der Waals surface area contributed by atoms with Crippen molar-refractivity contribution < 1.29 is 27.5 Å².